The molecular weight excluding hydrogens is 298 g/mol. The third-order valence-electron chi connectivity index (χ3n) is 4.51. The number of benzene rings is 1. The van der Waals surface area contributed by atoms with E-state index in [9.17, 15) is 5.26 Å². The maximum atomic E-state index is 9.68. The fraction of sp³-hybridized carbons (Fsp3) is 0.588. The van der Waals surface area contributed by atoms with E-state index in [2.05, 4.69) is 48.0 Å². The van der Waals surface area contributed by atoms with Gasteiger partial charge in [-0.05, 0) is 48.8 Å². The molecule has 0 N–H and O–H groups in total. The molecule has 2 heteroatoms. The van der Waals surface area contributed by atoms with Crippen molar-refractivity contribution in [2.24, 2.45) is 5.41 Å². The lowest BCUT2D eigenvalue weighted by Crippen LogP contribution is -2.48. The van der Waals surface area contributed by atoms with Gasteiger partial charge >= 0.3 is 0 Å². The zero-order chi connectivity index (χ0) is 13.9. The van der Waals surface area contributed by atoms with Crippen molar-refractivity contribution in [3.05, 3.63) is 34.3 Å². The van der Waals surface area contributed by atoms with Gasteiger partial charge in [0.15, 0.2) is 0 Å². The monoisotopic (exact) mass is 319 g/mol. The van der Waals surface area contributed by atoms with Crippen molar-refractivity contribution in [2.45, 2.75) is 57.8 Å². The van der Waals surface area contributed by atoms with Crippen molar-refractivity contribution < 1.29 is 0 Å². The summed E-state index contributed by atoms with van der Waals surface area (Å²) in [6.45, 7) is 4.51. The fourth-order valence-corrected chi connectivity index (χ4v) is 4.30. The molecule has 0 heterocycles. The van der Waals surface area contributed by atoms with E-state index in [1.54, 1.807) is 0 Å². The molecule has 1 aliphatic rings. The molecule has 1 aromatic carbocycles. The third kappa shape index (κ3) is 2.72. The fourth-order valence-electron chi connectivity index (χ4n) is 3.90. The quantitative estimate of drug-likeness (QED) is 0.693. The van der Waals surface area contributed by atoms with E-state index < -0.39 is 0 Å². The lowest BCUT2D eigenvalue weighted by Gasteiger charge is -2.53. The Balaban J connectivity index is 2.23. The Labute approximate surface area is 125 Å². The maximum Gasteiger partial charge on any atom is 0.0833 e. The van der Waals surface area contributed by atoms with Gasteiger partial charge in [-0.1, -0.05) is 54.8 Å². The van der Waals surface area contributed by atoms with Crippen molar-refractivity contribution >= 4 is 15.9 Å². The van der Waals surface area contributed by atoms with Gasteiger partial charge in [-0.15, -0.1) is 0 Å². The lowest BCUT2D eigenvalue weighted by atomic mass is 9.48. The first-order valence-corrected chi connectivity index (χ1v) is 8.06. The van der Waals surface area contributed by atoms with Gasteiger partial charge in [-0.25, -0.2) is 0 Å². The predicted octanol–water partition coefficient (Wildman–Crippen LogP) is 5.59. The molecule has 0 aromatic heterocycles. The molecule has 1 fully saturated rings. The van der Waals surface area contributed by atoms with Crippen LogP contribution in [0, 0.1) is 16.7 Å². The van der Waals surface area contributed by atoms with Gasteiger partial charge in [0.05, 0.1) is 11.5 Å². The van der Waals surface area contributed by atoms with Crippen LogP contribution in [0.2, 0.25) is 0 Å². The Hall–Kier alpha value is -0.810. The smallest absolute Gasteiger partial charge is 0.0833 e. The largest absolute Gasteiger partial charge is 0.197 e. The van der Waals surface area contributed by atoms with Gasteiger partial charge in [-0.3, -0.25) is 0 Å². The van der Waals surface area contributed by atoms with Gasteiger partial charge in [-0.2, -0.15) is 5.26 Å². The van der Waals surface area contributed by atoms with E-state index in [0.29, 0.717) is 5.41 Å². The third-order valence-corrected chi connectivity index (χ3v) is 5.00. The highest BCUT2D eigenvalue weighted by Gasteiger charge is 2.54. The van der Waals surface area contributed by atoms with Gasteiger partial charge in [0.2, 0.25) is 0 Å². The van der Waals surface area contributed by atoms with Crippen LogP contribution in [0.3, 0.4) is 0 Å². The summed E-state index contributed by atoms with van der Waals surface area (Å²) in [4.78, 5) is 0. The molecule has 102 valence electrons. The Morgan fingerprint density at radius 1 is 1.21 bits per heavy atom. The first-order valence-electron chi connectivity index (χ1n) is 7.27. The Morgan fingerprint density at radius 2 is 1.84 bits per heavy atom. The molecule has 2 rings (SSSR count). The summed E-state index contributed by atoms with van der Waals surface area (Å²) < 4.78 is 1.07. The molecule has 0 unspecified atom stereocenters. The SMILES string of the molecule is CCCC1(CCC)CC(C#N)(c2cccc(Br)c2)C1. The Bertz CT molecular complexity index is 472. The van der Waals surface area contributed by atoms with E-state index >= 15 is 0 Å². The number of hydrogen-bond acceptors (Lipinski definition) is 1. The zero-order valence-electron chi connectivity index (χ0n) is 11.9. The van der Waals surface area contributed by atoms with Crippen molar-refractivity contribution in [2.75, 3.05) is 0 Å². The van der Waals surface area contributed by atoms with Crippen molar-refractivity contribution in [3.63, 3.8) is 0 Å². The van der Waals surface area contributed by atoms with Crippen LogP contribution < -0.4 is 0 Å². The van der Waals surface area contributed by atoms with E-state index in [0.717, 1.165) is 17.3 Å². The summed E-state index contributed by atoms with van der Waals surface area (Å²) in [6, 6.07) is 10.9. The topological polar surface area (TPSA) is 23.8 Å². The zero-order valence-corrected chi connectivity index (χ0v) is 13.5. The summed E-state index contributed by atoms with van der Waals surface area (Å²) in [5, 5.41) is 9.68. The van der Waals surface area contributed by atoms with Gasteiger partial charge in [0.1, 0.15) is 0 Å². The molecule has 1 saturated carbocycles. The standard InChI is InChI=1S/C17H22BrN/c1-3-8-16(9-4-2)11-17(12-16,13-19)14-6-5-7-15(18)10-14/h5-7,10H,3-4,8-9,11-12H2,1-2H3. The second kappa shape index (κ2) is 5.67. The van der Waals surface area contributed by atoms with Crippen molar-refractivity contribution in [1.82, 2.24) is 0 Å². The molecule has 19 heavy (non-hydrogen) atoms. The number of hydrogen-bond donors (Lipinski definition) is 0. The second-order valence-electron chi connectivity index (χ2n) is 6.06. The molecule has 0 spiro atoms. The van der Waals surface area contributed by atoms with Crippen LogP contribution >= 0.6 is 15.9 Å². The summed E-state index contributed by atoms with van der Waals surface area (Å²) in [5.74, 6) is 0. The van der Waals surface area contributed by atoms with Crippen LogP contribution in [0.15, 0.2) is 28.7 Å². The number of halogens is 1. The summed E-state index contributed by atoms with van der Waals surface area (Å²) >= 11 is 3.52. The second-order valence-corrected chi connectivity index (χ2v) is 6.97. The normalized spacial score (nSPS) is 19.5. The highest BCUT2D eigenvalue weighted by Crippen LogP contribution is 2.60. The van der Waals surface area contributed by atoms with Crippen LogP contribution in [0.4, 0.5) is 0 Å². The average Bonchev–Trinajstić information content (AvgIpc) is 2.35. The molecule has 0 radical (unpaired) electrons. The molecular formula is C17H22BrN. The molecule has 1 nitrogen and oxygen atoms in total. The first-order chi connectivity index (χ1) is 9.10. The number of nitrogens with zero attached hydrogens (tertiary/aromatic N) is 1. The number of rotatable bonds is 5. The summed E-state index contributed by atoms with van der Waals surface area (Å²) in [5.41, 5.74) is 1.36. The minimum absolute atomic E-state index is 0.242. The molecule has 0 atom stereocenters. The summed E-state index contributed by atoms with van der Waals surface area (Å²) in [7, 11) is 0. The minimum Gasteiger partial charge on any atom is -0.197 e. The molecule has 1 aliphatic carbocycles. The van der Waals surface area contributed by atoms with Gasteiger partial charge in [0, 0.05) is 4.47 Å². The van der Waals surface area contributed by atoms with Crippen LogP contribution in [0.5, 0.6) is 0 Å². The summed E-state index contributed by atoms with van der Waals surface area (Å²) in [6.07, 6.45) is 7.04. The van der Waals surface area contributed by atoms with E-state index in [-0.39, 0.29) is 5.41 Å². The van der Waals surface area contributed by atoms with Crippen LogP contribution in [-0.2, 0) is 5.41 Å². The van der Waals surface area contributed by atoms with E-state index in [4.69, 9.17) is 0 Å². The number of nitriles is 1. The van der Waals surface area contributed by atoms with Crippen molar-refractivity contribution in [3.8, 4) is 6.07 Å². The molecule has 0 saturated heterocycles. The minimum atomic E-state index is -0.242. The van der Waals surface area contributed by atoms with E-state index in [1.165, 1.54) is 31.2 Å². The average molecular weight is 320 g/mol. The Morgan fingerprint density at radius 3 is 2.32 bits per heavy atom. The first kappa shape index (κ1) is 14.6. The molecule has 0 amide bonds. The Kier molecular flexibility index (Phi) is 4.36. The molecule has 0 bridgehead atoms. The highest BCUT2D eigenvalue weighted by molar-refractivity contribution is 9.10. The molecule has 1 aromatic rings. The van der Waals surface area contributed by atoms with E-state index in [1.807, 2.05) is 12.1 Å². The van der Waals surface area contributed by atoms with Crippen LogP contribution in [0.25, 0.3) is 0 Å². The van der Waals surface area contributed by atoms with Crippen LogP contribution in [-0.4, -0.2) is 0 Å². The highest BCUT2D eigenvalue weighted by atomic mass is 79.9. The van der Waals surface area contributed by atoms with Crippen LogP contribution in [0.1, 0.15) is 57.9 Å². The maximum absolute atomic E-state index is 9.68. The van der Waals surface area contributed by atoms with Gasteiger partial charge < -0.3 is 0 Å². The predicted molar refractivity (Wildman–Crippen MR) is 82.9 cm³/mol. The van der Waals surface area contributed by atoms with Gasteiger partial charge in [0.25, 0.3) is 0 Å². The lowest BCUT2D eigenvalue weighted by molar-refractivity contribution is 0.0357. The molecule has 0 aliphatic heterocycles. The van der Waals surface area contributed by atoms with Crippen molar-refractivity contribution in [1.29, 1.82) is 5.26 Å².